The molecule has 1 aliphatic rings. The third-order valence-electron chi connectivity index (χ3n) is 3.52. The lowest BCUT2D eigenvalue weighted by Gasteiger charge is -2.23. The molecule has 0 bridgehead atoms. The first-order chi connectivity index (χ1) is 9.58. The first-order valence-corrected chi connectivity index (χ1v) is 7.11. The summed E-state index contributed by atoms with van der Waals surface area (Å²) in [6, 6.07) is 11.3. The van der Waals surface area contributed by atoms with Crippen molar-refractivity contribution in [1.29, 1.82) is 0 Å². The number of fused-ring (bicyclic) bond motifs is 1. The van der Waals surface area contributed by atoms with Crippen LogP contribution in [0.5, 0.6) is 0 Å². The zero-order chi connectivity index (χ0) is 14.3. The van der Waals surface area contributed by atoms with Crippen molar-refractivity contribution in [3.63, 3.8) is 0 Å². The summed E-state index contributed by atoms with van der Waals surface area (Å²) in [5.41, 5.74) is 15.8. The van der Waals surface area contributed by atoms with E-state index in [9.17, 15) is 4.79 Å². The number of amides is 1. The predicted octanol–water partition coefficient (Wildman–Crippen LogP) is 2.82. The predicted molar refractivity (Wildman–Crippen MR) is 84.2 cm³/mol. The Morgan fingerprint density at radius 2 is 2.00 bits per heavy atom. The fraction of sp³-hybridized carbons (Fsp3) is 0.133. The van der Waals surface area contributed by atoms with E-state index in [1.165, 1.54) is 5.56 Å². The van der Waals surface area contributed by atoms with Crippen molar-refractivity contribution in [1.82, 2.24) is 0 Å². The summed E-state index contributed by atoms with van der Waals surface area (Å²) >= 11 is 3.46. The van der Waals surface area contributed by atoms with Crippen molar-refractivity contribution >= 4 is 38.9 Å². The average Bonchev–Trinajstić information content (AvgIpc) is 2.82. The number of primary amides is 1. The normalized spacial score (nSPS) is 13.3. The van der Waals surface area contributed by atoms with Gasteiger partial charge < -0.3 is 16.4 Å². The molecule has 2 aromatic carbocycles. The van der Waals surface area contributed by atoms with E-state index in [1.807, 2.05) is 24.3 Å². The molecule has 5 heteroatoms. The summed E-state index contributed by atoms with van der Waals surface area (Å²) < 4.78 is 0.971. The molecule has 0 saturated carbocycles. The zero-order valence-corrected chi connectivity index (χ0v) is 12.4. The van der Waals surface area contributed by atoms with E-state index in [4.69, 9.17) is 11.5 Å². The van der Waals surface area contributed by atoms with Crippen molar-refractivity contribution in [2.75, 3.05) is 17.2 Å². The average molecular weight is 332 g/mol. The number of para-hydroxylation sites is 1. The molecule has 0 radical (unpaired) electrons. The number of nitrogens with zero attached hydrogens (tertiary/aromatic N) is 1. The van der Waals surface area contributed by atoms with E-state index in [-0.39, 0.29) is 0 Å². The summed E-state index contributed by atoms with van der Waals surface area (Å²) in [7, 11) is 0. The highest BCUT2D eigenvalue weighted by Crippen LogP contribution is 2.41. The maximum Gasteiger partial charge on any atom is 0.250 e. The number of carbonyl (C=O) groups excluding carboxylic acids is 1. The highest BCUT2D eigenvalue weighted by Gasteiger charge is 2.25. The van der Waals surface area contributed by atoms with E-state index in [1.54, 1.807) is 6.07 Å². The van der Waals surface area contributed by atoms with E-state index >= 15 is 0 Å². The minimum Gasteiger partial charge on any atom is -0.397 e. The molecule has 3 rings (SSSR count). The molecule has 0 fully saturated rings. The summed E-state index contributed by atoms with van der Waals surface area (Å²) in [4.78, 5) is 13.7. The molecule has 0 unspecified atom stereocenters. The standard InChI is InChI=1S/C15H14BrN3O/c16-10-7-9-5-6-19(14(9)12(17)8-10)13-4-2-1-3-11(13)15(18)20/h1-4,7-8H,5-6,17H2,(H2,18,20). The molecule has 0 spiro atoms. The van der Waals surface area contributed by atoms with E-state index < -0.39 is 5.91 Å². The van der Waals surface area contributed by atoms with Crippen LogP contribution >= 0.6 is 15.9 Å². The van der Waals surface area contributed by atoms with Gasteiger partial charge in [0.1, 0.15) is 0 Å². The highest BCUT2D eigenvalue weighted by molar-refractivity contribution is 9.10. The molecule has 20 heavy (non-hydrogen) atoms. The first-order valence-electron chi connectivity index (χ1n) is 6.32. The van der Waals surface area contributed by atoms with Crippen LogP contribution in [0, 0.1) is 0 Å². The van der Waals surface area contributed by atoms with Crippen LogP contribution < -0.4 is 16.4 Å². The molecular formula is C15H14BrN3O. The molecule has 0 saturated heterocycles. The largest absolute Gasteiger partial charge is 0.397 e. The van der Waals surface area contributed by atoms with Gasteiger partial charge in [0, 0.05) is 11.0 Å². The van der Waals surface area contributed by atoms with Gasteiger partial charge in [0.25, 0.3) is 5.91 Å². The molecular weight excluding hydrogens is 318 g/mol. The Balaban J connectivity index is 2.15. The number of nitrogens with two attached hydrogens (primary N) is 2. The molecule has 1 heterocycles. The van der Waals surface area contributed by atoms with Gasteiger partial charge in [-0.25, -0.2) is 0 Å². The molecule has 4 nitrogen and oxygen atoms in total. The lowest BCUT2D eigenvalue weighted by atomic mass is 10.1. The lowest BCUT2D eigenvalue weighted by molar-refractivity contribution is 0.100. The van der Waals surface area contributed by atoms with Crippen LogP contribution in [0.1, 0.15) is 15.9 Å². The molecule has 1 amide bonds. The third-order valence-corrected chi connectivity index (χ3v) is 3.98. The lowest BCUT2D eigenvalue weighted by Crippen LogP contribution is -2.20. The summed E-state index contributed by atoms with van der Waals surface area (Å²) in [5, 5.41) is 0. The Kier molecular flexibility index (Phi) is 3.14. The monoisotopic (exact) mass is 331 g/mol. The second kappa shape index (κ2) is 4.83. The number of carbonyl (C=O) groups is 1. The molecule has 0 aliphatic carbocycles. The second-order valence-electron chi connectivity index (χ2n) is 4.79. The van der Waals surface area contributed by atoms with E-state index in [0.717, 1.165) is 28.8 Å². The maximum atomic E-state index is 11.6. The van der Waals surface area contributed by atoms with Gasteiger partial charge in [0.05, 0.1) is 22.6 Å². The van der Waals surface area contributed by atoms with Crippen molar-refractivity contribution in [3.8, 4) is 0 Å². The van der Waals surface area contributed by atoms with Crippen LogP contribution in [0.15, 0.2) is 40.9 Å². The van der Waals surface area contributed by atoms with Crippen molar-refractivity contribution in [3.05, 3.63) is 52.0 Å². The Morgan fingerprint density at radius 1 is 1.25 bits per heavy atom. The van der Waals surface area contributed by atoms with Crippen molar-refractivity contribution < 1.29 is 4.79 Å². The number of benzene rings is 2. The SMILES string of the molecule is NC(=O)c1ccccc1N1CCc2cc(Br)cc(N)c21. The number of halogens is 1. The number of nitrogen functional groups attached to an aromatic ring is 1. The maximum absolute atomic E-state index is 11.6. The van der Waals surface area contributed by atoms with Gasteiger partial charge in [-0.1, -0.05) is 28.1 Å². The molecule has 2 aromatic rings. The number of hydrogen-bond acceptors (Lipinski definition) is 3. The third kappa shape index (κ3) is 2.04. The summed E-state index contributed by atoms with van der Waals surface area (Å²) in [6.45, 7) is 0.792. The Hall–Kier alpha value is -2.01. The minimum atomic E-state index is -0.426. The molecule has 0 aromatic heterocycles. The van der Waals surface area contributed by atoms with Gasteiger partial charge in [0.15, 0.2) is 0 Å². The highest BCUT2D eigenvalue weighted by atomic mass is 79.9. The van der Waals surface area contributed by atoms with Crippen LogP contribution in [-0.2, 0) is 6.42 Å². The van der Waals surface area contributed by atoms with E-state index in [2.05, 4.69) is 26.9 Å². The number of rotatable bonds is 2. The van der Waals surface area contributed by atoms with Gasteiger partial charge >= 0.3 is 0 Å². The fourth-order valence-corrected chi connectivity index (χ4v) is 3.22. The number of hydrogen-bond donors (Lipinski definition) is 2. The van der Waals surface area contributed by atoms with Crippen LogP contribution in [0.2, 0.25) is 0 Å². The van der Waals surface area contributed by atoms with Gasteiger partial charge in [-0.3, -0.25) is 4.79 Å². The minimum absolute atomic E-state index is 0.426. The smallest absolute Gasteiger partial charge is 0.250 e. The van der Waals surface area contributed by atoms with Crippen molar-refractivity contribution in [2.24, 2.45) is 5.73 Å². The van der Waals surface area contributed by atoms with Crippen LogP contribution in [0.25, 0.3) is 0 Å². The summed E-state index contributed by atoms with van der Waals surface area (Å²) in [6.07, 6.45) is 0.895. The van der Waals surface area contributed by atoms with Crippen molar-refractivity contribution in [2.45, 2.75) is 6.42 Å². The first kappa shape index (κ1) is 13.0. The molecule has 0 atom stereocenters. The molecule has 4 N–H and O–H groups in total. The van der Waals surface area contributed by atoms with Gasteiger partial charge in [0.2, 0.25) is 0 Å². The Labute approximate surface area is 125 Å². The molecule has 102 valence electrons. The molecule has 1 aliphatic heterocycles. The second-order valence-corrected chi connectivity index (χ2v) is 5.70. The number of anilines is 3. The van der Waals surface area contributed by atoms with Gasteiger partial charge in [-0.05, 0) is 36.2 Å². The Bertz CT molecular complexity index is 700. The van der Waals surface area contributed by atoms with Crippen LogP contribution in [0.4, 0.5) is 17.1 Å². The van der Waals surface area contributed by atoms with Crippen LogP contribution in [0.3, 0.4) is 0 Å². The Morgan fingerprint density at radius 3 is 2.75 bits per heavy atom. The van der Waals surface area contributed by atoms with E-state index in [0.29, 0.717) is 11.3 Å². The quantitative estimate of drug-likeness (QED) is 0.831. The summed E-state index contributed by atoms with van der Waals surface area (Å²) in [5.74, 6) is -0.426. The van der Waals surface area contributed by atoms with Crippen LogP contribution in [-0.4, -0.2) is 12.5 Å². The topological polar surface area (TPSA) is 72.4 Å². The fourth-order valence-electron chi connectivity index (χ4n) is 2.70. The zero-order valence-electron chi connectivity index (χ0n) is 10.8. The van der Waals surface area contributed by atoms with Gasteiger partial charge in [-0.15, -0.1) is 0 Å². The van der Waals surface area contributed by atoms with Gasteiger partial charge in [-0.2, -0.15) is 0 Å².